The van der Waals surface area contributed by atoms with Gasteiger partial charge in [0.2, 0.25) is 0 Å². The van der Waals surface area contributed by atoms with Crippen molar-refractivity contribution in [2.24, 2.45) is 5.41 Å². The van der Waals surface area contributed by atoms with E-state index in [1.807, 2.05) is 26.0 Å². The summed E-state index contributed by atoms with van der Waals surface area (Å²) in [6.45, 7) is 10.3. The Labute approximate surface area is 144 Å². The number of aromatic hydroxyl groups is 1. The molecule has 5 heteroatoms. The molecule has 0 unspecified atom stereocenters. The molecule has 0 bridgehead atoms. The van der Waals surface area contributed by atoms with Crippen LogP contribution in [-0.4, -0.2) is 36.9 Å². The van der Waals surface area contributed by atoms with Crippen molar-refractivity contribution in [2.75, 3.05) is 19.7 Å². The number of phenolic OH excluding ortho intramolecular Hbond substituents is 1. The minimum atomic E-state index is -0.178. The van der Waals surface area contributed by atoms with E-state index in [1.54, 1.807) is 0 Å². The average Bonchev–Trinajstić information content (AvgIpc) is 2.56. The number of carbonyl (C=O) groups excluding carboxylic acids is 1. The van der Waals surface area contributed by atoms with Gasteiger partial charge < -0.3 is 20.5 Å². The number of esters is 1. The van der Waals surface area contributed by atoms with Crippen LogP contribution < -0.4 is 10.6 Å². The minimum Gasteiger partial charge on any atom is -0.507 e. The SMILES string of the molecule is Cc1cc(CCC(=O)OCC(C)(C)C2NCCCN2)cc(C)c1O. The van der Waals surface area contributed by atoms with Gasteiger partial charge >= 0.3 is 5.97 Å². The maximum atomic E-state index is 12.1. The highest BCUT2D eigenvalue weighted by Crippen LogP contribution is 2.24. The van der Waals surface area contributed by atoms with Gasteiger partial charge in [-0.15, -0.1) is 0 Å². The molecule has 5 nitrogen and oxygen atoms in total. The van der Waals surface area contributed by atoms with Crippen LogP contribution in [0.15, 0.2) is 12.1 Å². The molecule has 3 N–H and O–H groups in total. The quantitative estimate of drug-likeness (QED) is 0.697. The highest BCUT2D eigenvalue weighted by molar-refractivity contribution is 5.69. The molecule has 0 saturated carbocycles. The van der Waals surface area contributed by atoms with E-state index < -0.39 is 0 Å². The Bertz CT molecular complexity index is 555. The number of nitrogens with one attached hydrogen (secondary N) is 2. The van der Waals surface area contributed by atoms with E-state index in [1.165, 1.54) is 0 Å². The summed E-state index contributed by atoms with van der Waals surface area (Å²) in [7, 11) is 0. The minimum absolute atomic E-state index is 0.151. The molecule has 1 aromatic carbocycles. The van der Waals surface area contributed by atoms with Crippen LogP contribution >= 0.6 is 0 Å². The number of ether oxygens (including phenoxy) is 1. The molecular formula is C19H30N2O3. The zero-order chi connectivity index (χ0) is 17.7. The Balaban J connectivity index is 1.81. The fourth-order valence-corrected chi connectivity index (χ4v) is 3.06. The van der Waals surface area contributed by atoms with Crippen molar-refractivity contribution < 1.29 is 14.6 Å². The molecule has 1 aliphatic rings. The van der Waals surface area contributed by atoms with Gasteiger partial charge in [0.25, 0.3) is 0 Å². The Morgan fingerprint density at radius 3 is 2.42 bits per heavy atom. The first-order valence-electron chi connectivity index (χ1n) is 8.71. The molecule has 0 amide bonds. The topological polar surface area (TPSA) is 70.6 Å². The van der Waals surface area contributed by atoms with Crippen molar-refractivity contribution in [1.29, 1.82) is 0 Å². The normalized spacial score (nSPS) is 16.2. The summed E-state index contributed by atoms with van der Waals surface area (Å²) in [6, 6.07) is 3.85. The van der Waals surface area contributed by atoms with Crippen LogP contribution in [0.5, 0.6) is 5.75 Å². The van der Waals surface area contributed by atoms with Crippen LogP contribution in [0.4, 0.5) is 0 Å². The molecule has 0 aliphatic carbocycles. The smallest absolute Gasteiger partial charge is 0.306 e. The van der Waals surface area contributed by atoms with Gasteiger partial charge in [0.15, 0.2) is 0 Å². The molecule has 0 spiro atoms. The Morgan fingerprint density at radius 2 is 1.83 bits per heavy atom. The van der Waals surface area contributed by atoms with Crippen LogP contribution in [-0.2, 0) is 16.0 Å². The third-order valence-electron chi connectivity index (χ3n) is 4.61. The maximum absolute atomic E-state index is 12.1. The van der Waals surface area contributed by atoms with Crippen LogP contribution in [0.3, 0.4) is 0 Å². The summed E-state index contributed by atoms with van der Waals surface area (Å²) >= 11 is 0. The first-order chi connectivity index (χ1) is 11.3. The third kappa shape index (κ3) is 4.95. The van der Waals surface area contributed by atoms with Crippen LogP contribution in [0.25, 0.3) is 0 Å². The van der Waals surface area contributed by atoms with Gasteiger partial charge in [0, 0.05) is 11.8 Å². The molecule has 0 radical (unpaired) electrons. The predicted octanol–water partition coefficient (Wildman–Crippen LogP) is 2.42. The van der Waals surface area contributed by atoms with Gasteiger partial charge in [-0.1, -0.05) is 26.0 Å². The van der Waals surface area contributed by atoms with Crippen molar-refractivity contribution in [3.8, 4) is 5.75 Å². The molecule has 1 saturated heterocycles. The molecule has 1 aromatic rings. The highest BCUT2D eigenvalue weighted by atomic mass is 16.5. The van der Waals surface area contributed by atoms with Crippen molar-refractivity contribution in [1.82, 2.24) is 10.6 Å². The molecule has 1 aliphatic heterocycles. The largest absolute Gasteiger partial charge is 0.507 e. The van der Waals surface area contributed by atoms with Gasteiger partial charge in [0.05, 0.1) is 12.8 Å². The monoisotopic (exact) mass is 334 g/mol. The van der Waals surface area contributed by atoms with Crippen LogP contribution in [0.2, 0.25) is 0 Å². The second-order valence-electron chi connectivity index (χ2n) is 7.42. The van der Waals surface area contributed by atoms with Gasteiger partial charge in [-0.05, 0) is 56.5 Å². The van der Waals surface area contributed by atoms with E-state index >= 15 is 0 Å². The zero-order valence-electron chi connectivity index (χ0n) is 15.2. The van der Waals surface area contributed by atoms with Crippen molar-refractivity contribution in [3.05, 3.63) is 28.8 Å². The van der Waals surface area contributed by atoms with Gasteiger partial charge in [-0.25, -0.2) is 0 Å². The zero-order valence-corrected chi connectivity index (χ0v) is 15.2. The Kier molecular flexibility index (Phi) is 6.24. The van der Waals surface area contributed by atoms with Crippen LogP contribution in [0, 0.1) is 19.3 Å². The lowest BCUT2D eigenvalue weighted by molar-refractivity contribution is -0.147. The summed E-state index contributed by atoms with van der Waals surface area (Å²) < 4.78 is 5.50. The molecule has 0 aromatic heterocycles. The fraction of sp³-hybridized carbons (Fsp3) is 0.632. The highest BCUT2D eigenvalue weighted by Gasteiger charge is 2.31. The van der Waals surface area contributed by atoms with Gasteiger partial charge in [-0.2, -0.15) is 0 Å². The molecule has 134 valence electrons. The number of benzene rings is 1. The van der Waals surface area contributed by atoms with E-state index in [4.69, 9.17) is 4.74 Å². The van der Waals surface area contributed by atoms with E-state index in [0.29, 0.717) is 25.2 Å². The number of aryl methyl sites for hydroxylation is 3. The molecule has 1 heterocycles. The second-order valence-corrected chi connectivity index (χ2v) is 7.42. The standard InChI is InChI=1S/C19H30N2O3/c1-13-10-15(11-14(2)17(13)23)6-7-16(22)24-12-19(3,4)18-20-8-5-9-21-18/h10-11,18,20-21,23H,5-9,12H2,1-4H3. The van der Waals surface area contributed by atoms with Crippen LogP contribution in [0.1, 0.15) is 43.4 Å². The maximum Gasteiger partial charge on any atom is 0.306 e. The summed E-state index contributed by atoms with van der Waals surface area (Å²) in [4.78, 5) is 12.1. The lowest BCUT2D eigenvalue weighted by atomic mass is 9.89. The van der Waals surface area contributed by atoms with Gasteiger partial charge in [-0.3, -0.25) is 4.79 Å². The predicted molar refractivity (Wildman–Crippen MR) is 95.1 cm³/mol. The van der Waals surface area contributed by atoms with E-state index in [-0.39, 0.29) is 17.6 Å². The number of carbonyl (C=O) groups is 1. The summed E-state index contributed by atoms with van der Waals surface area (Å²) in [5.74, 6) is 0.151. The molecule has 0 atom stereocenters. The van der Waals surface area contributed by atoms with E-state index in [9.17, 15) is 9.90 Å². The summed E-state index contributed by atoms with van der Waals surface area (Å²) in [5, 5.41) is 16.7. The third-order valence-corrected chi connectivity index (χ3v) is 4.61. The molecule has 1 fully saturated rings. The molecular weight excluding hydrogens is 304 g/mol. The summed E-state index contributed by atoms with van der Waals surface area (Å²) in [6.07, 6.45) is 2.27. The first kappa shape index (κ1) is 18.7. The number of phenols is 1. The molecule has 2 rings (SSSR count). The average molecular weight is 334 g/mol. The number of hydrogen-bond donors (Lipinski definition) is 3. The lowest BCUT2D eigenvalue weighted by Gasteiger charge is -2.37. The fourth-order valence-electron chi connectivity index (χ4n) is 3.06. The van der Waals surface area contributed by atoms with Crippen molar-refractivity contribution in [3.63, 3.8) is 0 Å². The van der Waals surface area contributed by atoms with Crippen molar-refractivity contribution in [2.45, 2.75) is 53.1 Å². The summed E-state index contributed by atoms with van der Waals surface area (Å²) in [5.41, 5.74) is 2.58. The molecule has 24 heavy (non-hydrogen) atoms. The Morgan fingerprint density at radius 1 is 1.25 bits per heavy atom. The second kappa shape index (κ2) is 7.99. The lowest BCUT2D eigenvalue weighted by Crippen LogP contribution is -2.57. The number of hydrogen-bond acceptors (Lipinski definition) is 5. The van der Waals surface area contributed by atoms with E-state index in [2.05, 4.69) is 24.5 Å². The van der Waals surface area contributed by atoms with Gasteiger partial charge in [0.1, 0.15) is 5.75 Å². The first-order valence-corrected chi connectivity index (χ1v) is 8.71. The van der Waals surface area contributed by atoms with E-state index in [0.717, 1.165) is 36.2 Å². The Hall–Kier alpha value is -1.59. The number of rotatable bonds is 6. The van der Waals surface area contributed by atoms with Crippen molar-refractivity contribution >= 4 is 5.97 Å².